The predicted molar refractivity (Wildman–Crippen MR) is 114 cm³/mol. The van der Waals surface area contributed by atoms with Crippen molar-refractivity contribution < 1.29 is 35.9 Å². The van der Waals surface area contributed by atoms with Gasteiger partial charge in [-0.3, -0.25) is 4.68 Å². The normalized spacial score (nSPS) is 12.2. The molecule has 0 fully saturated rings. The van der Waals surface area contributed by atoms with Crippen molar-refractivity contribution in [2.24, 2.45) is 0 Å². The standard InChI is InChI=1S/C21H15F3N2O5S2/c1-33(29,30)14-4-2-3-12(9-14)17-7-8-18(32-17)15-10-19(21(22,23)24)25-26(15)11-13-5-6-16(31-13)20(27)28/h2-10H,11H2,1H3,(H,27,28). The summed E-state index contributed by atoms with van der Waals surface area (Å²) < 4.78 is 70.0. The van der Waals surface area contributed by atoms with Gasteiger partial charge in [0.1, 0.15) is 5.76 Å². The SMILES string of the molecule is CS(=O)(=O)c1cccc(-c2ccc(-c3cc(C(F)(F)F)nn3Cc3ccc(C(=O)O)o3)s2)c1. The number of alkyl halides is 3. The van der Waals surface area contributed by atoms with Gasteiger partial charge in [-0.2, -0.15) is 18.3 Å². The molecule has 12 heteroatoms. The minimum absolute atomic E-state index is 0.128. The molecule has 3 heterocycles. The zero-order valence-electron chi connectivity index (χ0n) is 16.8. The highest BCUT2D eigenvalue weighted by Gasteiger charge is 2.35. The van der Waals surface area contributed by atoms with Crippen LogP contribution in [-0.2, 0) is 22.6 Å². The van der Waals surface area contributed by atoms with Crippen LogP contribution in [-0.4, -0.2) is 35.5 Å². The van der Waals surface area contributed by atoms with E-state index in [9.17, 15) is 26.4 Å². The van der Waals surface area contributed by atoms with Crippen molar-refractivity contribution in [3.63, 3.8) is 0 Å². The lowest BCUT2D eigenvalue weighted by Gasteiger charge is -2.04. The number of hydrogen-bond acceptors (Lipinski definition) is 6. The molecule has 0 atom stereocenters. The Bertz CT molecular complexity index is 1450. The number of rotatable bonds is 6. The topological polar surface area (TPSA) is 102 Å². The van der Waals surface area contributed by atoms with E-state index in [0.29, 0.717) is 15.3 Å². The van der Waals surface area contributed by atoms with Crippen LogP contribution in [0.4, 0.5) is 13.2 Å². The fraction of sp³-hybridized carbons (Fsp3) is 0.143. The number of carbonyl (C=O) groups is 1. The van der Waals surface area contributed by atoms with Gasteiger partial charge in [-0.1, -0.05) is 12.1 Å². The first kappa shape index (κ1) is 22.8. The summed E-state index contributed by atoms with van der Waals surface area (Å²) >= 11 is 1.17. The molecule has 172 valence electrons. The molecule has 0 unspecified atom stereocenters. The third-order valence-corrected chi connectivity index (χ3v) is 6.92. The molecule has 4 rings (SSSR count). The van der Waals surface area contributed by atoms with Gasteiger partial charge in [0.05, 0.1) is 22.0 Å². The van der Waals surface area contributed by atoms with E-state index in [1.54, 1.807) is 24.3 Å². The second-order valence-electron chi connectivity index (χ2n) is 7.11. The van der Waals surface area contributed by atoms with Crippen LogP contribution in [0.5, 0.6) is 0 Å². The molecule has 0 saturated heterocycles. The molecule has 1 aromatic carbocycles. The number of benzene rings is 1. The third-order valence-electron chi connectivity index (χ3n) is 4.65. The van der Waals surface area contributed by atoms with E-state index >= 15 is 0 Å². The van der Waals surface area contributed by atoms with Crippen LogP contribution >= 0.6 is 11.3 Å². The van der Waals surface area contributed by atoms with Crippen molar-refractivity contribution in [3.05, 3.63) is 71.8 Å². The second kappa shape index (κ2) is 8.19. The lowest BCUT2D eigenvalue weighted by molar-refractivity contribution is -0.141. The van der Waals surface area contributed by atoms with Gasteiger partial charge < -0.3 is 9.52 Å². The van der Waals surface area contributed by atoms with Crippen LogP contribution in [0.3, 0.4) is 0 Å². The van der Waals surface area contributed by atoms with Crippen LogP contribution in [0.2, 0.25) is 0 Å². The largest absolute Gasteiger partial charge is 0.475 e. The van der Waals surface area contributed by atoms with Crippen LogP contribution in [0, 0.1) is 0 Å². The van der Waals surface area contributed by atoms with Crippen molar-refractivity contribution in [2.75, 3.05) is 6.26 Å². The minimum atomic E-state index is -4.68. The molecule has 0 aliphatic heterocycles. The van der Waals surface area contributed by atoms with Crippen LogP contribution in [0.15, 0.2) is 63.9 Å². The van der Waals surface area contributed by atoms with Crippen molar-refractivity contribution in [1.29, 1.82) is 0 Å². The Morgan fingerprint density at radius 3 is 2.48 bits per heavy atom. The summed E-state index contributed by atoms with van der Waals surface area (Å²) in [6.07, 6.45) is -3.59. The van der Waals surface area contributed by atoms with E-state index in [0.717, 1.165) is 17.0 Å². The van der Waals surface area contributed by atoms with Gasteiger partial charge >= 0.3 is 12.1 Å². The van der Waals surface area contributed by atoms with Gasteiger partial charge in [-0.15, -0.1) is 11.3 Å². The van der Waals surface area contributed by atoms with E-state index in [1.807, 2.05) is 0 Å². The molecule has 7 nitrogen and oxygen atoms in total. The van der Waals surface area contributed by atoms with E-state index < -0.39 is 27.7 Å². The zero-order valence-corrected chi connectivity index (χ0v) is 18.5. The van der Waals surface area contributed by atoms with Gasteiger partial charge in [-0.25, -0.2) is 13.2 Å². The second-order valence-corrected chi connectivity index (χ2v) is 10.2. The number of halogens is 3. The highest BCUT2D eigenvalue weighted by atomic mass is 32.2. The fourth-order valence-electron chi connectivity index (χ4n) is 3.11. The number of carboxylic acid groups (broad SMARTS) is 1. The molecule has 0 amide bonds. The molecule has 1 N–H and O–H groups in total. The lowest BCUT2D eigenvalue weighted by atomic mass is 10.2. The number of carboxylic acids is 1. The maximum Gasteiger partial charge on any atom is 0.435 e. The summed E-state index contributed by atoms with van der Waals surface area (Å²) in [7, 11) is -3.42. The van der Waals surface area contributed by atoms with Gasteiger partial charge in [0.15, 0.2) is 15.5 Å². The number of hydrogen-bond donors (Lipinski definition) is 1. The third kappa shape index (κ3) is 4.86. The van der Waals surface area contributed by atoms with E-state index in [4.69, 9.17) is 9.52 Å². The molecule has 0 bridgehead atoms. The number of sulfone groups is 1. The highest BCUT2D eigenvalue weighted by molar-refractivity contribution is 7.90. The fourth-order valence-corrected chi connectivity index (χ4v) is 4.80. The summed E-state index contributed by atoms with van der Waals surface area (Å²) in [5.74, 6) is -1.50. The Morgan fingerprint density at radius 2 is 1.85 bits per heavy atom. The summed E-state index contributed by atoms with van der Waals surface area (Å²) in [6.45, 7) is -0.213. The number of nitrogens with zero attached hydrogens (tertiary/aromatic N) is 2. The number of aromatic nitrogens is 2. The Kier molecular flexibility index (Phi) is 5.66. The monoisotopic (exact) mass is 496 g/mol. The maximum absolute atomic E-state index is 13.3. The number of furan rings is 1. The molecule has 0 aliphatic carbocycles. The molecule has 4 aromatic rings. The lowest BCUT2D eigenvalue weighted by Crippen LogP contribution is -2.08. The van der Waals surface area contributed by atoms with Crippen molar-refractivity contribution in [1.82, 2.24) is 9.78 Å². The molecule has 0 aliphatic rings. The van der Waals surface area contributed by atoms with Crippen LogP contribution in [0.25, 0.3) is 21.0 Å². The zero-order chi connectivity index (χ0) is 24.0. The van der Waals surface area contributed by atoms with Crippen molar-refractivity contribution >= 4 is 27.1 Å². The average Bonchev–Trinajstić information content (AvgIpc) is 3.46. The van der Waals surface area contributed by atoms with Gasteiger partial charge in [0.2, 0.25) is 5.76 Å². The maximum atomic E-state index is 13.3. The summed E-state index contributed by atoms with van der Waals surface area (Å²) in [5, 5.41) is 12.6. The Hall–Kier alpha value is -3.38. The van der Waals surface area contributed by atoms with Crippen LogP contribution < -0.4 is 0 Å². The summed E-state index contributed by atoms with van der Waals surface area (Å²) in [4.78, 5) is 12.3. The minimum Gasteiger partial charge on any atom is -0.475 e. The summed E-state index contributed by atoms with van der Waals surface area (Å²) in [5.41, 5.74) is -0.337. The molecular formula is C21H15F3N2O5S2. The number of aromatic carboxylic acids is 1. The van der Waals surface area contributed by atoms with Crippen LogP contribution in [0.1, 0.15) is 22.0 Å². The van der Waals surface area contributed by atoms with Crippen molar-refractivity contribution in [2.45, 2.75) is 17.6 Å². The van der Waals surface area contributed by atoms with E-state index in [2.05, 4.69) is 5.10 Å². The first-order valence-corrected chi connectivity index (χ1v) is 12.0. The van der Waals surface area contributed by atoms with E-state index in [-0.39, 0.29) is 28.7 Å². The Morgan fingerprint density at radius 1 is 1.12 bits per heavy atom. The molecule has 0 saturated carbocycles. The van der Waals surface area contributed by atoms with Crippen molar-refractivity contribution in [3.8, 4) is 21.0 Å². The molecule has 0 spiro atoms. The van der Waals surface area contributed by atoms with Gasteiger partial charge in [0.25, 0.3) is 0 Å². The summed E-state index contributed by atoms with van der Waals surface area (Å²) in [6, 6.07) is 13.0. The molecule has 0 radical (unpaired) electrons. The van der Waals surface area contributed by atoms with E-state index in [1.165, 1.54) is 35.6 Å². The Labute approximate surface area is 189 Å². The highest BCUT2D eigenvalue weighted by Crippen LogP contribution is 2.38. The predicted octanol–water partition coefficient (Wildman–Crippen LogP) is 5.04. The first-order chi connectivity index (χ1) is 15.4. The molecule has 33 heavy (non-hydrogen) atoms. The Balaban J connectivity index is 1.74. The van der Waals surface area contributed by atoms with Gasteiger partial charge in [-0.05, 0) is 48.0 Å². The quantitative estimate of drug-likeness (QED) is 0.401. The smallest absolute Gasteiger partial charge is 0.435 e. The molecule has 3 aromatic heterocycles. The number of thiophene rings is 1. The first-order valence-electron chi connectivity index (χ1n) is 9.29. The average molecular weight is 496 g/mol. The molecular weight excluding hydrogens is 481 g/mol. The van der Waals surface area contributed by atoms with Gasteiger partial charge in [0, 0.05) is 11.1 Å².